The second kappa shape index (κ2) is 7.85. The summed E-state index contributed by atoms with van der Waals surface area (Å²) in [4.78, 5) is 33.5. The number of aliphatic carboxylic acids is 1. The highest BCUT2D eigenvalue weighted by atomic mass is 16.5. The number of ether oxygens (including phenoxy) is 2. The molecule has 1 amide bonds. The molecule has 114 valence electrons. The van der Waals surface area contributed by atoms with Crippen LogP contribution in [0.4, 0.5) is 5.69 Å². The van der Waals surface area contributed by atoms with E-state index in [0.29, 0.717) is 0 Å². The minimum atomic E-state index is -1.19. The summed E-state index contributed by atoms with van der Waals surface area (Å²) in [7, 11) is 0. The fourth-order valence-electron chi connectivity index (χ4n) is 1.43. The summed E-state index contributed by atoms with van der Waals surface area (Å²) in [6, 6.07) is 4.14. The van der Waals surface area contributed by atoms with Gasteiger partial charge in [-0.1, -0.05) is 0 Å². The topological polar surface area (TPSA) is 128 Å². The van der Waals surface area contributed by atoms with Gasteiger partial charge >= 0.3 is 11.9 Å². The van der Waals surface area contributed by atoms with E-state index in [9.17, 15) is 14.4 Å². The summed E-state index contributed by atoms with van der Waals surface area (Å²) < 4.78 is 9.88. The molecule has 21 heavy (non-hydrogen) atoms. The van der Waals surface area contributed by atoms with Crippen molar-refractivity contribution in [2.24, 2.45) is 5.73 Å². The number of carboxylic acids is 1. The number of carbonyl (C=O) groups is 3. The first-order valence-corrected chi connectivity index (χ1v) is 6.13. The Morgan fingerprint density at radius 2 is 2.05 bits per heavy atom. The van der Waals surface area contributed by atoms with Crippen LogP contribution in [0.5, 0.6) is 5.75 Å². The molecule has 4 N–H and O–H groups in total. The smallest absolute Gasteiger partial charge is 0.341 e. The zero-order valence-corrected chi connectivity index (χ0v) is 11.4. The highest BCUT2D eigenvalue weighted by Gasteiger charge is 2.14. The SMILES string of the molecule is CCOC(=O)c1ccc(NC(=O)CN)c(OCC(=O)O)c1. The van der Waals surface area contributed by atoms with Crippen molar-refractivity contribution in [3.8, 4) is 5.75 Å². The van der Waals surface area contributed by atoms with Crippen LogP contribution in [-0.4, -0.2) is 42.7 Å². The molecule has 0 aliphatic carbocycles. The molecule has 0 atom stereocenters. The number of benzene rings is 1. The van der Waals surface area contributed by atoms with Crippen LogP contribution in [0.2, 0.25) is 0 Å². The van der Waals surface area contributed by atoms with Crippen molar-refractivity contribution >= 4 is 23.5 Å². The first kappa shape index (κ1) is 16.4. The van der Waals surface area contributed by atoms with Crippen LogP contribution in [0.25, 0.3) is 0 Å². The van der Waals surface area contributed by atoms with Crippen LogP contribution >= 0.6 is 0 Å². The fourth-order valence-corrected chi connectivity index (χ4v) is 1.43. The number of amides is 1. The van der Waals surface area contributed by atoms with E-state index in [1.54, 1.807) is 6.92 Å². The molecule has 0 radical (unpaired) electrons. The average molecular weight is 296 g/mol. The van der Waals surface area contributed by atoms with Gasteiger partial charge in [-0.3, -0.25) is 4.79 Å². The maximum absolute atomic E-state index is 11.6. The molecule has 1 aromatic carbocycles. The van der Waals surface area contributed by atoms with Crippen molar-refractivity contribution in [1.82, 2.24) is 0 Å². The van der Waals surface area contributed by atoms with Crippen molar-refractivity contribution in [3.63, 3.8) is 0 Å². The summed E-state index contributed by atoms with van der Waals surface area (Å²) in [5, 5.41) is 11.1. The molecule has 0 saturated heterocycles. The van der Waals surface area contributed by atoms with Gasteiger partial charge in [-0.2, -0.15) is 0 Å². The van der Waals surface area contributed by atoms with Gasteiger partial charge in [0, 0.05) is 0 Å². The van der Waals surface area contributed by atoms with Crippen LogP contribution in [0, 0.1) is 0 Å². The van der Waals surface area contributed by atoms with Gasteiger partial charge in [0.25, 0.3) is 0 Å². The van der Waals surface area contributed by atoms with Crippen LogP contribution in [0.1, 0.15) is 17.3 Å². The Hall–Kier alpha value is -2.61. The molecule has 0 aliphatic heterocycles. The quantitative estimate of drug-likeness (QED) is 0.614. The van der Waals surface area contributed by atoms with Gasteiger partial charge < -0.3 is 25.6 Å². The standard InChI is InChI=1S/C13H16N2O6/c1-2-20-13(19)8-3-4-9(15-11(16)6-14)10(5-8)21-7-12(17)18/h3-5H,2,6-7,14H2,1H3,(H,15,16)(H,17,18). The Bertz CT molecular complexity index is 543. The average Bonchev–Trinajstić information content (AvgIpc) is 2.46. The molecule has 0 fully saturated rings. The third-order valence-corrected chi connectivity index (χ3v) is 2.30. The van der Waals surface area contributed by atoms with E-state index in [1.165, 1.54) is 18.2 Å². The molecule has 0 heterocycles. The van der Waals surface area contributed by atoms with Crippen molar-refractivity contribution in [3.05, 3.63) is 23.8 Å². The van der Waals surface area contributed by atoms with E-state index in [2.05, 4.69) is 5.32 Å². The number of carbonyl (C=O) groups excluding carboxylic acids is 2. The molecule has 8 nitrogen and oxygen atoms in total. The molecular formula is C13H16N2O6. The lowest BCUT2D eigenvalue weighted by atomic mass is 10.2. The Morgan fingerprint density at radius 3 is 2.62 bits per heavy atom. The van der Waals surface area contributed by atoms with E-state index in [-0.39, 0.29) is 30.2 Å². The predicted molar refractivity (Wildman–Crippen MR) is 73.2 cm³/mol. The normalized spacial score (nSPS) is 9.81. The summed E-state index contributed by atoms with van der Waals surface area (Å²) in [5.74, 6) is -2.19. The van der Waals surface area contributed by atoms with E-state index in [4.69, 9.17) is 20.3 Å². The van der Waals surface area contributed by atoms with Gasteiger partial charge in [-0.15, -0.1) is 0 Å². The molecule has 0 unspecified atom stereocenters. The number of nitrogens with one attached hydrogen (secondary N) is 1. The van der Waals surface area contributed by atoms with Crippen LogP contribution in [0.15, 0.2) is 18.2 Å². The van der Waals surface area contributed by atoms with E-state index in [1.807, 2.05) is 0 Å². The van der Waals surface area contributed by atoms with Crippen LogP contribution < -0.4 is 15.8 Å². The lowest BCUT2D eigenvalue weighted by molar-refractivity contribution is -0.139. The highest BCUT2D eigenvalue weighted by Crippen LogP contribution is 2.26. The summed E-state index contributed by atoms with van der Waals surface area (Å²) >= 11 is 0. The number of anilines is 1. The minimum Gasteiger partial charge on any atom is -0.480 e. The maximum atomic E-state index is 11.6. The first-order chi connectivity index (χ1) is 9.97. The number of hydrogen-bond acceptors (Lipinski definition) is 6. The molecule has 0 bridgehead atoms. The molecular weight excluding hydrogens is 280 g/mol. The molecule has 0 aliphatic rings. The summed E-state index contributed by atoms with van der Waals surface area (Å²) in [6.07, 6.45) is 0. The van der Waals surface area contributed by atoms with Crippen LogP contribution in [0.3, 0.4) is 0 Å². The third kappa shape index (κ3) is 5.11. The van der Waals surface area contributed by atoms with E-state index >= 15 is 0 Å². The second-order valence-corrected chi connectivity index (χ2v) is 3.87. The summed E-state index contributed by atoms with van der Waals surface area (Å²) in [5.41, 5.74) is 5.59. The number of rotatable bonds is 7. The summed E-state index contributed by atoms with van der Waals surface area (Å²) in [6.45, 7) is 1.02. The maximum Gasteiger partial charge on any atom is 0.341 e. The lowest BCUT2D eigenvalue weighted by Gasteiger charge is -2.12. The van der Waals surface area contributed by atoms with Gasteiger partial charge in [0.1, 0.15) is 5.75 Å². The van der Waals surface area contributed by atoms with E-state index < -0.39 is 24.5 Å². The molecule has 0 saturated carbocycles. The number of hydrogen-bond donors (Lipinski definition) is 3. The highest BCUT2D eigenvalue weighted by molar-refractivity contribution is 5.95. The fraction of sp³-hybridized carbons (Fsp3) is 0.308. The predicted octanol–water partition coefficient (Wildman–Crippen LogP) is 0.224. The minimum absolute atomic E-state index is 0.0461. The number of carboxylic acid groups (broad SMARTS) is 1. The number of nitrogens with two attached hydrogens (primary N) is 1. The van der Waals surface area contributed by atoms with Gasteiger partial charge in [0.05, 0.1) is 24.4 Å². The Kier molecular flexibility index (Phi) is 6.15. The molecule has 1 aromatic rings. The Balaban J connectivity index is 3.03. The molecule has 0 spiro atoms. The number of esters is 1. The van der Waals surface area contributed by atoms with Gasteiger partial charge in [0.2, 0.25) is 5.91 Å². The lowest BCUT2D eigenvalue weighted by Crippen LogP contribution is -2.22. The Morgan fingerprint density at radius 1 is 1.33 bits per heavy atom. The van der Waals surface area contributed by atoms with Crippen molar-refractivity contribution in [2.75, 3.05) is 25.1 Å². The zero-order chi connectivity index (χ0) is 15.8. The molecule has 8 heteroatoms. The monoisotopic (exact) mass is 296 g/mol. The van der Waals surface area contributed by atoms with Gasteiger partial charge in [-0.25, -0.2) is 9.59 Å². The van der Waals surface area contributed by atoms with Gasteiger partial charge in [0.15, 0.2) is 6.61 Å². The zero-order valence-electron chi connectivity index (χ0n) is 11.4. The van der Waals surface area contributed by atoms with Crippen molar-refractivity contribution in [2.45, 2.75) is 6.92 Å². The Labute approximate surface area is 120 Å². The third-order valence-electron chi connectivity index (χ3n) is 2.30. The molecule has 0 aromatic heterocycles. The van der Waals surface area contributed by atoms with Gasteiger partial charge in [-0.05, 0) is 25.1 Å². The van der Waals surface area contributed by atoms with Crippen LogP contribution in [-0.2, 0) is 14.3 Å². The molecule has 1 rings (SSSR count). The largest absolute Gasteiger partial charge is 0.480 e. The van der Waals surface area contributed by atoms with Crippen molar-refractivity contribution in [1.29, 1.82) is 0 Å². The second-order valence-electron chi connectivity index (χ2n) is 3.87. The van der Waals surface area contributed by atoms with E-state index in [0.717, 1.165) is 0 Å². The van der Waals surface area contributed by atoms with Crippen molar-refractivity contribution < 1.29 is 29.0 Å². The first-order valence-electron chi connectivity index (χ1n) is 6.13.